The summed E-state index contributed by atoms with van der Waals surface area (Å²) in [5, 5.41) is 9.45. The Kier molecular flexibility index (Phi) is 4.95. The third kappa shape index (κ3) is 3.29. The van der Waals surface area contributed by atoms with Gasteiger partial charge >= 0.3 is 5.97 Å². The van der Waals surface area contributed by atoms with E-state index in [4.69, 9.17) is 4.74 Å². The number of sulfonamides is 1. The van der Waals surface area contributed by atoms with E-state index in [9.17, 15) is 18.3 Å². The van der Waals surface area contributed by atoms with Crippen LogP contribution in [0, 0.1) is 5.92 Å². The molecule has 0 aliphatic carbocycles. The average molecular weight is 465 g/mol. The summed E-state index contributed by atoms with van der Waals surface area (Å²) in [7, 11) is -2.20. The van der Waals surface area contributed by atoms with Crippen molar-refractivity contribution in [2.24, 2.45) is 5.92 Å². The average Bonchev–Trinajstić information content (AvgIpc) is 2.80. The molecule has 8 heteroatoms. The Bertz CT molecular complexity index is 1370. The van der Waals surface area contributed by atoms with E-state index in [1.165, 1.54) is 10.4 Å². The molecule has 0 spiro atoms. The number of hydrogen-bond donors (Lipinski definition) is 1. The second-order valence-electron chi connectivity index (χ2n) is 8.67. The Hall–Kier alpha value is -3.36. The fraction of sp³-hybridized carbons (Fsp3) is 0.240. The number of carboxylic acids is 1. The smallest absolute Gasteiger partial charge is 0.335 e. The lowest BCUT2D eigenvalue weighted by Crippen LogP contribution is -2.53. The Morgan fingerprint density at radius 3 is 2.45 bits per heavy atom. The molecule has 2 aliphatic heterocycles. The maximum absolute atomic E-state index is 13.6. The Balaban J connectivity index is 1.79. The van der Waals surface area contributed by atoms with Gasteiger partial charge in [0.1, 0.15) is 23.4 Å². The first-order valence-corrected chi connectivity index (χ1v) is 12.1. The zero-order chi connectivity index (χ0) is 23.5. The van der Waals surface area contributed by atoms with E-state index in [0.717, 1.165) is 11.3 Å². The van der Waals surface area contributed by atoms with Gasteiger partial charge in [-0.1, -0.05) is 38.1 Å². The quantitative estimate of drug-likeness (QED) is 0.605. The molecule has 3 aromatic rings. The minimum atomic E-state index is -3.80. The Morgan fingerprint density at radius 1 is 1.06 bits per heavy atom. The predicted molar refractivity (Wildman–Crippen MR) is 125 cm³/mol. The number of rotatable bonds is 3. The zero-order valence-electron chi connectivity index (χ0n) is 18.5. The molecule has 0 fully saturated rings. The molecule has 0 radical (unpaired) electrons. The molecule has 0 aromatic heterocycles. The predicted octanol–water partition coefficient (Wildman–Crippen LogP) is 4.70. The molecular weight excluding hydrogens is 440 g/mol. The minimum Gasteiger partial charge on any atom is -0.488 e. The van der Waals surface area contributed by atoms with E-state index in [0.29, 0.717) is 22.6 Å². The second-order valence-corrected chi connectivity index (χ2v) is 10.6. The fourth-order valence-electron chi connectivity index (χ4n) is 4.72. The summed E-state index contributed by atoms with van der Waals surface area (Å²) in [6, 6.07) is 17.9. The lowest BCUT2D eigenvalue weighted by molar-refractivity contribution is 0.0697. The van der Waals surface area contributed by atoms with Crippen LogP contribution in [0.2, 0.25) is 0 Å². The fourth-order valence-corrected chi connectivity index (χ4v) is 6.34. The summed E-state index contributed by atoms with van der Waals surface area (Å²) in [6.07, 6.45) is -0.419. The molecule has 0 amide bonds. The van der Waals surface area contributed by atoms with Crippen LogP contribution in [0.5, 0.6) is 5.75 Å². The van der Waals surface area contributed by atoms with E-state index in [-0.39, 0.29) is 23.0 Å². The van der Waals surface area contributed by atoms with E-state index in [1.54, 1.807) is 31.3 Å². The molecule has 0 bridgehead atoms. The molecule has 0 unspecified atom stereocenters. The second kappa shape index (κ2) is 7.60. The van der Waals surface area contributed by atoms with Crippen LogP contribution in [0.3, 0.4) is 0 Å². The number of benzene rings is 3. The molecule has 33 heavy (non-hydrogen) atoms. The van der Waals surface area contributed by atoms with Gasteiger partial charge in [-0.2, -0.15) is 4.31 Å². The van der Waals surface area contributed by atoms with Crippen molar-refractivity contribution in [3.63, 3.8) is 0 Å². The molecule has 2 heterocycles. The maximum atomic E-state index is 13.6. The van der Waals surface area contributed by atoms with Crippen molar-refractivity contribution in [2.75, 3.05) is 11.9 Å². The normalized spacial score (nSPS) is 18.8. The van der Waals surface area contributed by atoms with Crippen molar-refractivity contribution < 1.29 is 23.1 Å². The van der Waals surface area contributed by atoms with Crippen LogP contribution in [-0.4, -0.2) is 37.0 Å². The van der Waals surface area contributed by atoms with E-state index in [2.05, 4.69) is 0 Å². The van der Waals surface area contributed by atoms with Gasteiger partial charge in [0.2, 0.25) is 10.0 Å². The molecule has 1 atom stereocenters. The number of carbonyl (C=O) groups is 1. The maximum Gasteiger partial charge on any atom is 0.335 e. The minimum absolute atomic E-state index is 0.00827. The largest absolute Gasteiger partial charge is 0.488 e. The van der Waals surface area contributed by atoms with Crippen molar-refractivity contribution in [3.05, 3.63) is 71.8 Å². The van der Waals surface area contributed by atoms with E-state index < -0.39 is 22.2 Å². The Labute approximate surface area is 192 Å². The van der Waals surface area contributed by atoms with Crippen LogP contribution in [0.25, 0.3) is 11.1 Å². The highest BCUT2D eigenvalue weighted by atomic mass is 32.2. The molecule has 3 aromatic carbocycles. The zero-order valence-corrected chi connectivity index (χ0v) is 19.3. The number of hydrogen-bond acceptors (Lipinski definition) is 5. The molecule has 0 saturated carbocycles. The number of carboxylic acid groups (broad SMARTS) is 1. The third-order valence-electron chi connectivity index (χ3n) is 6.28. The summed E-state index contributed by atoms with van der Waals surface area (Å²) in [6.45, 7) is 4.28. The highest BCUT2D eigenvalue weighted by Gasteiger charge is 2.43. The summed E-state index contributed by atoms with van der Waals surface area (Å²) < 4.78 is 34.7. The van der Waals surface area contributed by atoms with Gasteiger partial charge in [0.15, 0.2) is 0 Å². The van der Waals surface area contributed by atoms with Crippen molar-refractivity contribution in [3.8, 4) is 16.9 Å². The van der Waals surface area contributed by atoms with Crippen LogP contribution < -0.4 is 9.64 Å². The standard InChI is InChI=1S/C25H24N2O5S/c1-15(2)24-26(3)33(30,31)23-12-20-19-11-16(25(28)29)9-10-17(19)14-32-22(20)13-21(23)27(24)18-7-5-4-6-8-18/h4-13,15,24H,14H2,1-3H3,(H,28,29)/t24-/m0/s1. The SMILES string of the molecule is CC(C)[C@@H]1N(c2ccccc2)c2cc3c(cc2S(=O)(=O)N1C)-c1cc(C(=O)O)ccc1CO3. The van der Waals surface area contributed by atoms with Crippen molar-refractivity contribution >= 4 is 27.4 Å². The Morgan fingerprint density at radius 2 is 1.79 bits per heavy atom. The van der Waals surface area contributed by atoms with Gasteiger partial charge in [-0.05, 0) is 47.4 Å². The molecule has 7 nitrogen and oxygen atoms in total. The molecule has 5 rings (SSSR count). The number of ether oxygens (including phenoxy) is 1. The van der Waals surface area contributed by atoms with Crippen molar-refractivity contribution in [1.29, 1.82) is 0 Å². The van der Waals surface area contributed by atoms with Crippen LogP contribution >= 0.6 is 0 Å². The highest BCUT2D eigenvalue weighted by molar-refractivity contribution is 7.89. The summed E-state index contributed by atoms with van der Waals surface area (Å²) in [5.74, 6) is -0.493. The van der Waals surface area contributed by atoms with Gasteiger partial charge in [0.25, 0.3) is 0 Å². The van der Waals surface area contributed by atoms with E-state index in [1.807, 2.05) is 49.1 Å². The van der Waals surface area contributed by atoms with Crippen molar-refractivity contribution in [1.82, 2.24) is 4.31 Å². The highest BCUT2D eigenvalue weighted by Crippen LogP contribution is 2.49. The molecule has 1 N–H and O–H groups in total. The van der Waals surface area contributed by atoms with Gasteiger partial charge in [0.05, 0.1) is 11.3 Å². The number of anilines is 2. The van der Waals surface area contributed by atoms with Crippen LogP contribution in [-0.2, 0) is 16.6 Å². The van der Waals surface area contributed by atoms with Gasteiger partial charge in [-0.25, -0.2) is 13.2 Å². The van der Waals surface area contributed by atoms with Gasteiger partial charge in [0, 0.05) is 24.4 Å². The molecule has 0 saturated heterocycles. The van der Waals surface area contributed by atoms with Crippen LogP contribution in [0.15, 0.2) is 65.6 Å². The van der Waals surface area contributed by atoms with Gasteiger partial charge in [-0.15, -0.1) is 0 Å². The monoisotopic (exact) mass is 464 g/mol. The summed E-state index contributed by atoms with van der Waals surface area (Å²) >= 11 is 0. The van der Waals surface area contributed by atoms with Crippen LogP contribution in [0.1, 0.15) is 29.8 Å². The third-order valence-corrected chi connectivity index (χ3v) is 8.13. The first-order valence-electron chi connectivity index (χ1n) is 10.7. The van der Waals surface area contributed by atoms with E-state index >= 15 is 0 Å². The number of nitrogens with zero attached hydrogens (tertiary/aromatic N) is 2. The number of fused-ring (bicyclic) bond motifs is 4. The summed E-state index contributed by atoms with van der Waals surface area (Å²) in [4.78, 5) is 13.7. The first-order chi connectivity index (χ1) is 15.7. The molecule has 2 aliphatic rings. The van der Waals surface area contributed by atoms with Crippen molar-refractivity contribution in [2.45, 2.75) is 31.5 Å². The van der Waals surface area contributed by atoms with Crippen LogP contribution in [0.4, 0.5) is 11.4 Å². The number of para-hydroxylation sites is 1. The first kappa shape index (κ1) is 21.5. The number of aromatic carboxylic acids is 1. The van der Waals surface area contributed by atoms with Gasteiger partial charge < -0.3 is 14.7 Å². The van der Waals surface area contributed by atoms with Gasteiger partial charge in [-0.3, -0.25) is 0 Å². The molecule has 170 valence electrons. The molecular formula is C25H24N2O5S. The topological polar surface area (TPSA) is 87.2 Å². The summed E-state index contributed by atoms with van der Waals surface area (Å²) in [5.41, 5.74) is 3.64. The lowest BCUT2D eigenvalue weighted by Gasteiger charge is -2.46. The lowest BCUT2D eigenvalue weighted by atomic mass is 9.94.